The quantitative estimate of drug-likeness (QED) is 0.945. The summed E-state index contributed by atoms with van der Waals surface area (Å²) in [6, 6.07) is 1.93. The average molecular weight is 316 g/mol. The maximum absolute atomic E-state index is 11.1. The SMILES string of the molecule is CC(C)n1nnc(C(=O)O)c1-c1cc(Br)cs1. The molecule has 0 bridgehead atoms. The maximum Gasteiger partial charge on any atom is 0.358 e. The third-order valence-electron chi connectivity index (χ3n) is 2.19. The van der Waals surface area contributed by atoms with Crippen LogP contribution in [-0.4, -0.2) is 26.1 Å². The molecule has 1 N–H and O–H groups in total. The van der Waals surface area contributed by atoms with E-state index >= 15 is 0 Å². The Bertz CT molecular complexity index is 562. The van der Waals surface area contributed by atoms with Gasteiger partial charge in [0.1, 0.15) is 5.69 Å². The van der Waals surface area contributed by atoms with Crippen LogP contribution in [0.15, 0.2) is 15.9 Å². The molecule has 0 radical (unpaired) electrons. The molecule has 2 aromatic heterocycles. The van der Waals surface area contributed by atoms with E-state index in [0.717, 1.165) is 9.35 Å². The Hall–Kier alpha value is -1.21. The van der Waals surface area contributed by atoms with Crippen LogP contribution in [0, 0.1) is 0 Å². The molecule has 0 amide bonds. The summed E-state index contributed by atoms with van der Waals surface area (Å²) in [5.74, 6) is -1.06. The highest BCUT2D eigenvalue weighted by atomic mass is 79.9. The molecular weight excluding hydrogens is 306 g/mol. The van der Waals surface area contributed by atoms with Crippen molar-refractivity contribution in [3.8, 4) is 10.6 Å². The van der Waals surface area contributed by atoms with Crippen LogP contribution in [0.3, 0.4) is 0 Å². The number of carboxylic acids is 1. The smallest absolute Gasteiger partial charge is 0.358 e. The predicted octanol–water partition coefficient (Wildman–Crippen LogP) is 3.05. The lowest BCUT2D eigenvalue weighted by Crippen LogP contribution is -2.06. The molecule has 0 aromatic carbocycles. The normalized spacial score (nSPS) is 11.1. The van der Waals surface area contributed by atoms with Crippen molar-refractivity contribution in [2.75, 3.05) is 0 Å². The predicted molar refractivity (Wildman–Crippen MR) is 68.4 cm³/mol. The molecule has 7 heteroatoms. The molecule has 0 saturated carbocycles. The van der Waals surface area contributed by atoms with Gasteiger partial charge in [-0.15, -0.1) is 16.4 Å². The first kappa shape index (κ1) is 12.3. The van der Waals surface area contributed by atoms with Crippen molar-refractivity contribution in [2.45, 2.75) is 19.9 Å². The molecule has 17 heavy (non-hydrogen) atoms. The molecule has 0 saturated heterocycles. The van der Waals surface area contributed by atoms with Crippen molar-refractivity contribution in [2.24, 2.45) is 0 Å². The number of carbonyl (C=O) groups is 1. The van der Waals surface area contributed by atoms with E-state index in [9.17, 15) is 4.79 Å². The van der Waals surface area contributed by atoms with Crippen molar-refractivity contribution < 1.29 is 9.90 Å². The summed E-state index contributed by atoms with van der Waals surface area (Å²) in [6.45, 7) is 3.87. The molecule has 2 heterocycles. The van der Waals surface area contributed by atoms with Crippen LogP contribution < -0.4 is 0 Å². The fourth-order valence-corrected chi connectivity index (χ4v) is 2.93. The highest BCUT2D eigenvalue weighted by molar-refractivity contribution is 9.10. The minimum absolute atomic E-state index is 0.00644. The minimum atomic E-state index is -1.06. The summed E-state index contributed by atoms with van der Waals surface area (Å²) < 4.78 is 2.55. The molecule has 0 spiro atoms. The Balaban J connectivity index is 2.63. The number of thiophene rings is 1. The second-order valence-corrected chi connectivity index (χ2v) is 5.59. The number of aromatic nitrogens is 3. The van der Waals surface area contributed by atoms with Gasteiger partial charge in [-0.25, -0.2) is 9.48 Å². The largest absolute Gasteiger partial charge is 0.476 e. The number of aromatic carboxylic acids is 1. The Morgan fingerprint density at radius 1 is 1.59 bits per heavy atom. The van der Waals surface area contributed by atoms with Gasteiger partial charge in [-0.05, 0) is 35.8 Å². The molecule has 2 rings (SSSR count). The van der Waals surface area contributed by atoms with Crippen LogP contribution in [-0.2, 0) is 0 Å². The van der Waals surface area contributed by atoms with Crippen molar-refractivity contribution in [3.05, 3.63) is 21.6 Å². The molecular formula is C10H10BrN3O2S. The Labute approximate surface area is 110 Å². The highest BCUT2D eigenvalue weighted by Gasteiger charge is 2.22. The van der Waals surface area contributed by atoms with E-state index in [1.807, 2.05) is 25.3 Å². The second kappa shape index (κ2) is 4.58. The maximum atomic E-state index is 11.1. The van der Waals surface area contributed by atoms with Gasteiger partial charge in [0.05, 0.1) is 4.88 Å². The lowest BCUT2D eigenvalue weighted by Gasteiger charge is -2.08. The van der Waals surface area contributed by atoms with Gasteiger partial charge in [0.15, 0.2) is 5.69 Å². The summed E-state index contributed by atoms with van der Waals surface area (Å²) in [7, 11) is 0. The van der Waals surface area contributed by atoms with E-state index in [0.29, 0.717) is 5.69 Å². The van der Waals surface area contributed by atoms with E-state index in [1.54, 1.807) is 4.68 Å². The summed E-state index contributed by atoms with van der Waals surface area (Å²) in [4.78, 5) is 12.0. The molecule has 90 valence electrons. The number of nitrogens with zero attached hydrogens (tertiary/aromatic N) is 3. The fraction of sp³-hybridized carbons (Fsp3) is 0.300. The van der Waals surface area contributed by atoms with Crippen LogP contribution in [0.2, 0.25) is 0 Å². The van der Waals surface area contributed by atoms with Crippen molar-refractivity contribution in [3.63, 3.8) is 0 Å². The van der Waals surface area contributed by atoms with Gasteiger partial charge >= 0.3 is 5.97 Å². The van der Waals surface area contributed by atoms with Gasteiger partial charge in [-0.2, -0.15) is 0 Å². The van der Waals surface area contributed by atoms with Crippen LogP contribution >= 0.6 is 27.3 Å². The van der Waals surface area contributed by atoms with Gasteiger partial charge in [-0.1, -0.05) is 5.21 Å². The van der Waals surface area contributed by atoms with Gasteiger partial charge in [0.2, 0.25) is 0 Å². The molecule has 0 aliphatic carbocycles. The Morgan fingerprint density at radius 2 is 2.29 bits per heavy atom. The van der Waals surface area contributed by atoms with Crippen LogP contribution in [0.1, 0.15) is 30.4 Å². The van der Waals surface area contributed by atoms with Crippen molar-refractivity contribution in [1.82, 2.24) is 15.0 Å². The number of carboxylic acid groups (broad SMARTS) is 1. The van der Waals surface area contributed by atoms with E-state index in [1.165, 1.54) is 11.3 Å². The molecule has 0 unspecified atom stereocenters. The van der Waals surface area contributed by atoms with Gasteiger partial charge < -0.3 is 5.11 Å². The number of halogens is 1. The van der Waals surface area contributed by atoms with Crippen LogP contribution in [0.4, 0.5) is 0 Å². The molecule has 5 nitrogen and oxygen atoms in total. The third-order valence-corrected chi connectivity index (χ3v) is 3.88. The average Bonchev–Trinajstić information content (AvgIpc) is 2.81. The van der Waals surface area contributed by atoms with Gasteiger partial charge in [-0.3, -0.25) is 0 Å². The summed E-state index contributed by atoms with van der Waals surface area (Å²) >= 11 is 4.81. The van der Waals surface area contributed by atoms with Gasteiger partial charge in [0, 0.05) is 15.9 Å². The topological polar surface area (TPSA) is 68.0 Å². The van der Waals surface area contributed by atoms with Crippen molar-refractivity contribution in [1.29, 1.82) is 0 Å². The summed E-state index contributed by atoms with van der Waals surface area (Å²) in [6.07, 6.45) is 0. The van der Waals surface area contributed by atoms with Gasteiger partial charge in [0.25, 0.3) is 0 Å². The molecule has 0 aliphatic rings. The first-order chi connectivity index (χ1) is 8.00. The van der Waals surface area contributed by atoms with E-state index in [-0.39, 0.29) is 11.7 Å². The number of hydrogen-bond donors (Lipinski definition) is 1. The Kier molecular flexibility index (Phi) is 3.30. The monoisotopic (exact) mass is 315 g/mol. The molecule has 2 aromatic rings. The van der Waals surface area contributed by atoms with E-state index in [2.05, 4.69) is 26.2 Å². The lowest BCUT2D eigenvalue weighted by atomic mass is 10.2. The lowest BCUT2D eigenvalue weighted by molar-refractivity contribution is 0.0691. The third kappa shape index (κ3) is 2.25. The standard InChI is InChI=1S/C10H10BrN3O2S/c1-5(2)14-9(7-3-6(11)4-17-7)8(10(15)16)12-13-14/h3-5H,1-2H3,(H,15,16). The van der Waals surface area contributed by atoms with Crippen molar-refractivity contribution >= 4 is 33.2 Å². The molecule has 0 fully saturated rings. The summed E-state index contributed by atoms with van der Waals surface area (Å²) in [5, 5.41) is 18.6. The van der Waals surface area contributed by atoms with Crippen LogP contribution in [0.5, 0.6) is 0 Å². The fourth-order valence-electron chi connectivity index (χ4n) is 1.47. The van der Waals surface area contributed by atoms with Crippen LogP contribution in [0.25, 0.3) is 10.6 Å². The second-order valence-electron chi connectivity index (χ2n) is 3.76. The Morgan fingerprint density at radius 3 is 2.76 bits per heavy atom. The number of rotatable bonds is 3. The van der Waals surface area contributed by atoms with E-state index < -0.39 is 5.97 Å². The zero-order valence-electron chi connectivity index (χ0n) is 9.22. The highest BCUT2D eigenvalue weighted by Crippen LogP contribution is 2.32. The first-order valence-electron chi connectivity index (χ1n) is 4.93. The minimum Gasteiger partial charge on any atom is -0.476 e. The molecule has 0 atom stereocenters. The first-order valence-corrected chi connectivity index (χ1v) is 6.61. The zero-order chi connectivity index (χ0) is 12.6. The zero-order valence-corrected chi connectivity index (χ0v) is 11.6. The molecule has 0 aliphatic heterocycles. The summed E-state index contributed by atoms with van der Waals surface area (Å²) in [5.41, 5.74) is 0.552. The van der Waals surface area contributed by atoms with E-state index in [4.69, 9.17) is 5.11 Å². The number of hydrogen-bond acceptors (Lipinski definition) is 4.